The monoisotopic (exact) mass is 325 g/mol. The van der Waals surface area contributed by atoms with E-state index in [1.807, 2.05) is 50.4 Å². The Morgan fingerprint density at radius 2 is 2.08 bits per heavy atom. The standard InChI is InChI=1S/C17H19N5O2/c1-21(2)12-4-5-13-14(6-12)17(19-9-16(23)24)18-8-15(13)11-7-20-22(3)10-11/h4-8,10H,9H2,1-3H3,(H,18,19)(H,23,24). The molecule has 0 saturated heterocycles. The van der Waals surface area contributed by atoms with Crippen molar-refractivity contribution in [3.8, 4) is 11.1 Å². The Balaban J connectivity index is 2.18. The van der Waals surface area contributed by atoms with E-state index in [0.29, 0.717) is 5.82 Å². The third-order valence-corrected chi connectivity index (χ3v) is 3.81. The number of aliphatic carboxylic acids is 1. The van der Waals surface area contributed by atoms with Crippen molar-refractivity contribution >= 4 is 28.2 Å². The van der Waals surface area contributed by atoms with Crippen molar-refractivity contribution in [3.63, 3.8) is 0 Å². The number of nitrogens with one attached hydrogen (secondary N) is 1. The first kappa shape index (κ1) is 15.8. The number of aromatic nitrogens is 3. The summed E-state index contributed by atoms with van der Waals surface area (Å²) >= 11 is 0. The van der Waals surface area contributed by atoms with Gasteiger partial charge in [0.15, 0.2) is 0 Å². The molecule has 0 saturated carbocycles. The third-order valence-electron chi connectivity index (χ3n) is 3.81. The van der Waals surface area contributed by atoms with Crippen LogP contribution in [0.4, 0.5) is 11.5 Å². The van der Waals surface area contributed by atoms with E-state index >= 15 is 0 Å². The molecule has 0 aliphatic heterocycles. The van der Waals surface area contributed by atoms with E-state index in [9.17, 15) is 4.79 Å². The van der Waals surface area contributed by atoms with Crippen molar-refractivity contribution in [2.75, 3.05) is 30.9 Å². The Bertz CT molecular complexity index is 901. The number of carboxylic acid groups (broad SMARTS) is 1. The van der Waals surface area contributed by atoms with Crippen LogP contribution in [-0.4, -0.2) is 46.5 Å². The normalized spacial score (nSPS) is 10.8. The Morgan fingerprint density at radius 1 is 1.29 bits per heavy atom. The number of rotatable bonds is 5. The van der Waals surface area contributed by atoms with Crippen LogP contribution in [0, 0.1) is 0 Å². The predicted molar refractivity (Wildman–Crippen MR) is 94.4 cm³/mol. The van der Waals surface area contributed by atoms with Crippen LogP contribution in [0.25, 0.3) is 21.9 Å². The zero-order valence-corrected chi connectivity index (χ0v) is 13.8. The molecule has 0 spiro atoms. The average Bonchev–Trinajstić information content (AvgIpc) is 2.98. The average molecular weight is 325 g/mol. The minimum Gasteiger partial charge on any atom is -0.480 e. The van der Waals surface area contributed by atoms with E-state index < -0.39 is 5.97 Å². The van der Waals surface area contributed by atoms with E-state index in [2.05, 4.69) is 15.4 Å². The number of carboxylic acids is 1. The maximum absolute atomic E-state index is 10.9. The molecule has 24 heavy (non-hydrogen) atoms. The molecule has 7 nitrogen and oxygen atoms in total. The van der Waals surface area contributed by atoms with Gasteiger partial charge in [0.1, 0.15) is 12.4 Å². The van der Waals surface area contributed by atoms with Gasteiger partial charge < -0.3 is 15.3 Å². The summed E-state index contributed by atoms with van der Waals surface area (Å²) in [7, 11) is 5.79. The molecule has 0 unspecified atom stereocenters. The van der Waals surface area contributed by atoms with E-state index in [-0.39, 0.29) is 6.54 Å². The molecule has 0 aliphatic rings. The number of fused-ring (bicyclic) bond motifs is 1. The fourth-order valence-corrected chi connectivity index (χ4v) is 2.60. The molecular formula is C17H19N5O2. The number of carbonyl (C=O) groups is 1. The number of hydrogen-bond donors (Lipinski definition) is 2. The van der Waals surface area contributed by atoms with Crippen LogP contribution in [0.3, 0.4) is 0 Å². The molecule has 0 bridgehead atoms. The van der Waals surface area contributed by atoms with Gasteiger partial charge in [0.25, 0.3) is 0 Å². The molecular weight excluding hydrogens is 306 g/mol. The van der Waals surface area contributed by atoms with Crippen molar-refractivity contribution in [2.45, 2.75) is 0 Å². The summed E-state index contributed by atoms with van der Waals surface area (Å²) in [6.45, 7) is -0.180. The SMILES string of the molecule is CN(C)c1ccc2c(-c3cnn(C)c3)cnc(NCC(=O)O)c2c1. The number of nitrogens with zero attached hydrogens (tertiary/aromatic N) is 4. The second kappa shape index (κ2) is 6.19. The molecule has 2 N–H and O–H groups in total. The van der Waals surface area contributed by atoms with E-state index in [4.69, 9.17) is 5.11 Å². The van der Waals surface area contributed by atoms with Crippen molar-refractivity contribution in [2.24, 2.45) is 7.05 Å². The topological polar surface area (TPSA) is 83.3 Å². The second-order valence-electron chi connectivity index (χ2n) is 5.79. The molecule has 7 heteroatoms. The zero-order chi connectivity index (χ0) is 17.3. The summed E-state index contributed by atoms with van der Waals surface area (Å²) in [5.74, 6) is -0.367. The molecule has 2 heterocycles. The highest BCUT2D eigenvalue weighted by molar-refractivity contribution is 6.03. The van der Waals surface area contributed by atoms with Crippen LogP contribution in [0.2, 0.25) is 0 Å². The largest absolute Gasteiger partial charge is 0.480 e. The lowest BCUT2D eigenvalue weighted by Crippen LogP contribution is -2.14. The summed E-state index contributed by atoms with van der Waals surface area (Å²) in [5.41, 5.74) is 2.95. The molecule has 2 aromatic heterocycles. The summed E-state index contributed by atoms with van der Waals surface area (Å²) in [5, 5.41) is 17.9. The first-order valence-electron chi connectivity index (χ1n) is 7.50. The van der Waals surface area contributed by atoms with Gasteiger partial charge >= 0.3 is 5.97 Å². The van der Waals surface area contributed by atoms with Crippen LogP contribution in [0.5, 0.6) is 0 Å². The van der Waals surface area contributed by atoms with Gasteiger partial charge in [-0.3, -0.25) is 9.48 Å². The lowest BCUT2D eigenvalue weighted by atomic mass is 10.0. The lowest BCUT2D eigenvalue weighted by molar-refractivity contribution is -0.134. The Hall–Kier alpha value is -3.09. The molecule has 0 fully saturated rings. The van der Waals surface area contributed by atoms with Crippen LogP contribution in [0.15, 0.2) is 36.8 Å². The van der Waals surface area contributed by atoms with Gasteiger partial charge in [-0.25, -0.2) is 4.98 Å². The van der Waals surface area contributed by atoms with Crippen molar-refractivity contribution < 1.29 is 9.90 Å². The first-order valence-corrected chi connectivity index (χ1v) is 7.50. The minimum atomic E-state index is -0.926. The molecule has 0 amide bonds. The number of anilines is 2. The smallest absolute Gasteiger partial charge is 0.322 e. The van der Waals surface area contributed by atoms with Crippen molar-refractivity contribution in [3.05, 3.63) is 36.8 Å². The van der Waals surface area contributed by atoms with E-state index in [1.54, 1.807) is 17.1 Å². The van der Waals surface area contributed by atoms with Gasteiger partial charge in [0.05, 0.1) is 6.20 Å². The highest BCUT2D eigenvalue weighted by atomic mass is 16.4. The number of benzene rings is 1. The number of hydrogen-bond acceptors (Lipinski definition) is 5. The zero-order valence-electron chi connectivity index (χ0n) is 13.8. The van der Waals surface area contributed by atoms with E-state index in [1.165, 1.54) is 0 Å². The molecule has 1 aromatic carbocycles. The maximum Gasteiger partial charge on any atom is 0.322 e. The Kier molecular flexibility index (Phi) is 4.07. The number of aryl methyl sites for hydroxylation is 1. The second-order valence-corrected chi connectivity index (χ2v) is 5.79. The number of pyridine rings is 1. The minimum absolute atomic E-state index is 0.180. The molecule has 0 radical (unpaired) electrons. The summed E-state index contributed by atoms with van der Waals surface area (Å²) < 4.78 is 1.74. The highest BCUT2D eigenvalue weighted by Gasteiger charge is 2.12. The maximum atomic E-state index is 10.9. The fourth-order valence-electron chi connectivity index (χ4n) is 2.60. The van der Waals surface area contributed by atoms with Gasteiger partial charge in [-0.2, -0.15) is 5.10 Å². The Labute approximate surface area is 139 Å². The Morgan fingerprint density at radius 3 is 2.71 bits per heavy atom. The van der Waals surface area contributed by atoms with Gasteiger partial charge in [0, 0.05) is 55.7 Å². The van der Waals surface area contributed by atoms with Gasteiger partial charge in [-0.05, 0) is 17.5 Å². The van der Waals surface area contributed by atoms with Gasteiger partial charge in [-0.1, -0.05) is 6.07 Å². The predicted octanol–water partition coefficient (Wildman–Crippen LogP) is 2.20. The third kappa shape index (κ3) is 3.01. The fraction of sp³-hybridized carbons (Fsp3) is 0.235. The van der Waals surface area contributed by atoms with E-state index in [0.717, 1.165) is 27.6 Å². The first-order chi connectivity index (χ1) is 11.5. The van der Waals surface area contributed by atoms with Crippen LogP contribution >= 0.6 is 0 Å². The van der Waals surface area contributed by atoms with Crippen LogP contribution < -0.4 is 10.2 Å². The van der Waals surface area contributed by atoms with Gasteiger partial charge in [0.2, 0.25) is 0 Å². The molecule has 0 atom stereocenters. The summed E-state index contributed by atoms with van der Waals surface area (Å²) in [4.78, 5) is 17.3. The molecule has 3 aromatic rings. The van der Waals surface area contributed by atoms with Crippen LogP contribution in [-0.2, 0) is 11.8 Å². The molecule has 0 aliphatic carbocycles. The van der Waals surface area contributed by atoms with Crippen molar-refractivity contribution in [1.82, 2.24) is 14.8 Å². The van der Waals surface area contributed by atoms with Gasteiger partial charge in [-0.15, -0.1) is 0 Å². The molecule has 3 rings (SSSR count). The van der Waals surface area contributed by atoms with Crippen molar-refractivity contribution in [1.29, 1.82) is 0 Å². The highest BCUT2D eigenvalue weighted by Crippen LogP contribution is 2.33. The summed E-state index contributed by atoms with van der Waals surface area (Å²) in [6.07, 6.45) is 5.47. The quantitative estimate of drug-likeness (QED) is 0.748. The van der Waals surface area contributed by atoms with Crippen LogP contribution in [0.1, 0.15) is 0 Å². The summed E-state index contributed by atoms with van der Waals surface area (Å²) in [6, 6.07) is 6.07. The molecule has 124 valence electrons. The lowest BCUT2D eigenvalue weighted by Gasteiger charge is -2.16.